The van der Waals surface area contributed by atoms with E-state index in [1.807, 2.05) is 12.1 Å². The molecule has 1 heterocycles. The van der Waals surface area contributed by atoms with Gasteiger partial charge in [0.05, 0.1) is 5.69 Å². The Bertz CT molecular complexity index is 551. The first-order valence-corrected chi connectivity index (χ1v) is 6.95. The summed E-state index contributed by atoms with van der Waals surface area (Å²) in [5.41, 5.74) is 3.86. The van der Waals surface area contributed by atoms with Gasteiger partial charge in [0, 0.05) is 10.7 Å². The minimum absolute atomic E-state index is 0.520. The first-order valence-electron chi connectivity index (χ1n) is 6.16. The van der Waals surface area contributed by atoms with Gasteiger partial charge in [-0.15, -0.1) is 0 Å². The van der Waals surface area contributed by atoms with Crippen molar-refractivity contribution in [2.45, 2.75) is 25.9 Å². The van der Waals surface area contributed by atoms with Crippen molar-refractivity contribution in [1.29, 1.82) is 0 Å². The standard InChI is InChI=1S/C15H14BrNO/c16-13-5-6-14(17-9-13)10-18-15-7-4-11-2-1-3-12(11)8-15/h4-9H,1-3,10H2. The van der Waals surface area contributed by atoms with Crippen LogP contribution in [0.25, 0.3) is 0 Å². The third-order valence-corrected chi connectivity index (χ3v) is 3.71. The molecule has 2 aromatic rings. The van der Waals surface area contributed by atoms with Crippen LogP contribution in [0.4, 0.5) is 0 Å². The van der Waals surface area contributed by atoms with Crippen LogP contribution in [0.5, 0.6) is 5.75 Å². The number of aryl methyl sites for hydroxylation is 2. The second-order valence-corrected chi connectivity index (χ2v) is 5.46. The van der Waals surface area contributed by atoms with E-state index in [2.05, 4.69) is 39.1 Å². The maximum Gasteiger partial charge on any atom is 0.130 e. The van der Waals surface area contributed by atoms with Gasteiger partial charge in [-0.2, -0.15) is 0 Å². The van der Waals surface area contributed by atoms with E-state index in [1.165, 1.54) is 30.4 Å². The van der Waals surface area contributed by atoms with E-state index in [1.54, 1.807) is 6.20 Å². The number of pyridine rings is 1. The van der Waals surface area contributed by atoms with E-state index in [-0.39, 0.29) is 0 Å². The zero-order valence-electron chi connectivity index (χ0n) is 10.0. The summed E-state index contributed by atoms with van der Waals surface area (Å²) in [6, 6.07) is 10.4. The second kappa shape index (κ2) is 5.11. The fraction of sp³-hybridized carbons (Fsp3) is 0.267. The van der Waals surface area contributed by atoms with E-state index in [0.717, 1.165) is 15.9 Å². The summed E-state index contributed by atoms with van der Waals surface area (Å²) in [4.78, 5) is 4.29. The summed E-state index contributed by atoms with van der Waals surface area (Å²) < 4.78 is 6.77. The number of benzene rings is 1. The van der Waals surface area contributed by atoms with Gasteiger partial charge in [0.25, 0.3) is 0 Å². The second-order valence-electron chi connectivity index (χ2n) is 4.54. The summed E-state index contributed by atoms with van der Waals surface area (Å²) in [5, 5.41) is 0. The predicted molar refractivity (Wildman–Crippen MR) is 74.7 cm³/mol. The average Bonchev–Trinajstić information content (AvgIpc) is 2.85. The molecule has 0 fully saturated rings. The average molecular weight is 304 g/mol. The van der Waals surface area contributed by atoms with E-state index >= 15 is 0 Å². The lowest BCUT2D eigenvalue weighted by Gasteiger charge is -2.07. The van der Waals surface area contributed by atoms with Crippen LogP contribution in [-0.2, 0) is 19.4 Å². The van der Waals surface area contributed by atoms with Gasteiger partial charge >= 0.3 is 0 Å². The highest BCUT2D eigenvalue weighted by molar-refractivity contribution is 9.10. The maximum atomic E-state index is 5.78. The molecule has 1 aromatic carbocycles. The molecule has 3 rings (SSSR count). The third-order valence-electron chi connectivity index (χ3n) is 3.25. The molecule has 2 nitrogen and oxygen atoms in total. The van der Waals surface area contributed by atoms with E-state index in [0.29, 0.717) is 6.61 Å². The van der Waals surface area contributed by atoms with E-state index < -0.39 is 0 Å². The van der Waals surface area contributed by atoms with Crippen molar-refractivity contribution >= 4 is 15.9 Å². The Morgan fingerprint density at radius 2 is 2.00 bits per heavy atom. The summed E-state index contributed by atoms with van der Waals surface area (Å²) in [5.74, 6) is 0.945. The molecule has 18 heavy (non-hydrogen) atoms. The molecule has 1 aromatic heterocycles. The molecule has 0 saturated carbocycles. The highest BCUT2D eigenvalue weighted by Gasteiger charge is 2.11. The lowest BCUT2D eigenvalue weighted by atomic mass is 10.1. The molecule has 92 valence electrons. The van der Waals surface area contributed by atoms with Gasteiger partial charge < -0.3 is 4.74 Å². The number of hydrogen-bond donors (Lipinski definition) is 0. The molecule has 0 N–H and O–H groups in total. The number of halogens is 1. The molecule has 0 spiro atoms. The number of aromatic nitrogens is 1. The van der Waals surface area contributed by atoms with Gasteiger partial charge in [-0.1, -0.05) is 6.07 Å². The summed E-state index contributed by atoms with van der Waals surface area (Å²) >= 11 is 3.37. The van der Waals surface area contributed by atoms with Crippen molar-refractivity contribution in [3.8, 4) is 5.75 Å². The molecule has 0 aliphatic heterocycles. The smallest absolute Gasteiger partial charge is 0.130 e. The Balaban J connectivity index is 1.68. The van der Waals surface area contributed by atoms with Gasteiger partial charge in [-0.3, -0.25) is 4.98 Å². The molecule has 0 atom stereocenters. The molecule has 0 unspecified atom stereocenters. The Labute approximate surface area is 115 Å². The monoisotopic (exact) mass is 303 g/mol. The Morgan fingerprint density at radius 1 is 1.11 bits per heavy atom. The van der Waals surface area contributed by atoms with Crippen molar-refractivity contribution in [3.05, 3.63) is 57.8 Å². The van der Waals surface area contributed by atoms with Gasteiger partial charge in [-0.25, -0.2) is 0 Å². The van der Waals surface area contributed by atoms with Crippen LogP contribution in [0.3, 0.4) is 0 Å². The molecule has 0 radical (unpaired) electrons. The highest BCUT2D eigenvalue weighted by atomic mass is 79.9. The molecule has 0 amide bonds. The van der Waals surface area contributed by atoms with Crippen LogP contribution in [0.2, 0.25) is 0 Å². The summed E-state index contributed by atoms with van der Waals surface area (Å²) in [6.07, 6.45) is 5.46. The Hall–Kier alpha value is -1.35. The van der Waals surface area contributed by atoms with Crippen LogP contribution < -0.4 is 4.74 Å². The number of fused-ring (bicyclic) bond motifs is 1. The van der Waals surface area contributed by atoms with E-state index in [9.17, 15) is 0 Å². The largest absolute Gasteiger partial charge is 0.487 e. The number of rotatable bonds is 3. The number of ether oxygens (including phenoxy) is 1. The van der Waals surface area contributed by atoms with Crippen molar-refractivity contribution in [3.63, 3.8) is 0 Å². The third kappa shape index (κ3) is 2.56. The lowest BCUT2D eigenvalue weighted by molar-refractivity contribution is 0.301. The predicted octanol–water partition coefficient (Wildman–Crippen LogP) is 3.91. The van der Waals surface area contributed by atoms with Crippen molar-refractivity contribution in [2.24, 2.45) is 0 Å². The summed E-state index contributed by atoms with van der Waals surface area (Å²) in [6.45, 7) is 0.520. The highest BCUT2D eigenvalue weighted by Crippen LogP contribution is 2.26. The van der Waals surface area contributed by atoms with Crippen molar-refractivity contribution in [2.75, 3.05) is 0 Å². The minimum Gasteiger partial charge on any atom is -0.487 e. The number of hydrogen-bond acceptors (Lipinski definition) is 2. The summed E-state index contributed by atoms with van der Waals surface area (Å²) in [7, 11) is 0. The zero-order valence-corrected chi connectivity index (χ0v) is 11.6. The maximum absolute atomic E-state index is 5.78. The Kier molecular flexibility index (Phi) is 3.33. The van der Waals surface area contributed by atoms with Crippen LogP contribution in [0, 0.1) is 0 Å². The fourth-order valence-electron chi connectivity index (χ4n) is 2.29. The molecular formula is C15H14BrNO. The van der Waals surface area contributed by atoms with Gasteiger partial charge in [0.1, 0.15) is 12.4 Å². The molecule has 1 aliphatic carbocycles. The molecule has 3 heteroatoms. The molecule has 0 saturated heterocycles. The van der Waals surface area contributed by atoms with E-state index in [4.69, 9.17) is 4.74 Å². The van der Waals surface area contributed by atoms with Crippen LogP contribution in [0.15, 0.2) is 41.0 Å². The van der Waals surface area contributed by atoms with Crippen molar-refractivity contribution < 1.29 is 4.74 Å². The first kappa shape index (κ1) is 11.7. The van der Waals surface area contributed by atoms with Gasteiger partial charge in [-0.05, 0) is 70.6 Å². The molecular weight excluding hydrogens is 290 g/mol. The number of nitrogens with zero attached hydrogens (tertiary/aromatic N) is 1. The van der Waals surface area contributed by atoms with Gasteiger partial charge in [0.2, 0.25) is 0 Å². The SMILES string of the molecule is Brc1ccc(COc2ccc3c(c2)CCC3)nc1. The van der Waals surface area contributed by atoms with Crippen LogP contribution >= 0.6 is 15.9 Å². The topological polar surface area (TPSA) is 22.1 Å². The molecule has 1 aliphatic rings. The molecule has 0 bridgehead atoms. The van der Waals surface area contributed by atoms with Gasteiger partial charge in [0.15, 0.2) is 0 Å². The van der Waals surface area contributed by atoms with Crippen molar-refractivity contribution in [1.82, 2.24) is 4.98 Å². The fourth-order valence-corrected chi connectivity index (χ4v) is 2.52. The first-order chi connectivity index (χ1) is 8.81. The quantitative estimate of drug-likeness (QED) is 0.857. The zero-order chi connectivity index (χ0) is 12.4. The van der Waals surface area contributed by atoms with Crippen LogP contribution in [-0.4, -0.2) is 4.98 Å². The lowest BCUT2D eigenvalue weighted by Crippen LogP contribution is -1.98. The normalized spacial score (nSPS) is 13.4. The Morgan fingerprint density at radius 3 is 2.83 bits per heavy atom. The minimum atomic E-state index is 0.520. The van der Waals surface area contributed by atoms with Crippen LogP contribution in [0.1, 0.15) is 23.2 Å².